The molecule has 8 aromatic carbocycles. The number of fused-ring (bicyclic) bond motifs is 3. The fourth-order valence-corrected chi connectivity index (χ4v) is 9.75. The largest absolute Gasteiger partial charge is 0.313 e. The monoisotopic (exact) mass is 751 g/mol. The summed E-state index contributed by atoms with van der Waals surface area (Å²) < 4.78 is 0. The summed E-state index contributed by atoms with van der Waals surface area (Å²) >= 11 is 0. The van der Waals surface area contributed by atoms with E-state index < -0.39 is 0 Å². The van der Waals surface area contributed by atoms with Crippen molar-refractivity contribution in [2.75, 3.05) is 9.80 Å². The molecular weight excluding hydrogens is 713 g/mol. The molecule has 3 aliphatic rings. The number of nitriles is 1. The lowest BCUT2D eigenvalue weighted by molar-refractivity contribution is 0.779. The minimum Gasteiger partial charge on any atom is -0.313 e. The van der Waals surface area contributed by atoms with Crippen LogP contribution in [0.3, 0.4) is 0 Å². The van der Waals surface area contributed by atoms with Crippen LogP contribution >= 0.6 is 0 Å². The molecule has 0 saturated carbocycles. The Morgan fingerprint density at radius 1 is 0.508 bits per heavy atom. The van der Waals surface area contributed by atoms with Crippen LogP contribution in [0.5, 0.6) is 0 Å². The first kappa shape index (κ1) is 34.6. The number of hydrogen-bond acceptors (Lipinski definition) is 3. The predicted molar refractivity (Wildman–Crippen MR) is 246 cm³/mol. The maximum Gasteiger partial charge on any atom is 0.251 e. The Bertz CT molecular complexity index is 2960. The molecule has 276 valence electrons. The molecule has 8 aromatic rings. The molecule has 0 aromatic heterocycles. The van der Waals surface area contributed by atoms with Crippen molar-refractivity contribution >= 4 is 51.6 Å². The molecule has 1 unspecified atom stereocenters. The highest BCUT2D eigenvalue weighted by molar-refractivity contribution is 6.96. The second kappa shape index (κ2) is 14.4. The number of rotatable bonds is 6. The molecule has 0 spiro atoms. The van der Waals surface area contributed by atoms with Crippen LogP contribution in [0.25, 0.3) is 27.8 Å². The summed E-state index contributed by atoms with van der Waals surface area (Å²) in [6.07, 6.45) is 3.32. The van der Waals surface area contributed by atoms with Crippen LogP contribution in [0.15, 0.2) is 224 Å². The molecule has 0 N–H and O–H groups in total. The van der Waals surface area contributed by atoms with Crippen molar-refractivity contribution in [3.8, 4) is 28.3 Å². The van der Waals surface area contributed by atoms with Crippen LogP contribution in [0.2, 0.25) is 0 Å². The molecular formula is C55H38BN3. The summed E-state index contributed by atoms with van der Waals surface area (Å²) in [5, 5.41) is 11.1. The molecule has 11 rings (SSSR count). The Hall–Kier alpha value is -7.61. The summed E-state index contributed by atoms with van der Waals surface area (Å²) in [7, 11) is 0. The van der Waals surface area contributed by atoms with Crippen LogP contribution in [-0.2, 0) is 0 Å². The van der Waals surface area contributed by atoms with E-state index in [1.807, 2.05) is 6.07 Å². The minimum atomic E-state index is -0.186. The number of allylic oxidation sites excluding steroid dienone is 4. The van der Waals surface area contributed by atoms with Crippen molar-refractivity contribution < 1.29 is 0 Å². The third-order valence-electron chi connectivity index (χ3n) is 12.2. The van der Waals surface area contributed by atoms with Crippen molar-refractivity contribution in [2.24, 2.45) is 0 Å². The fourth-order valence-electron chi connectivity index (χ4n) is 9.75. The molecule has 3 nitrogen and oxygen atoms in total. The lowest BCUT2D eigenvalue weighted by Crippen LogP contribution is -2.57. The number of anilines is 5. The summed E-state index contributed by atoms with van der Waals surface area (Å²) in [4.78, 5) is 4.89. The van der Waals surface area contributed by atoms with Gasteiger partial charge in [0.1, 0.15) is 6.07 Å². The normalized spacial score (nSPS) is 15.1. The highest BCUT2D eigenvalue weighted by Gasteiger charge is 2.48. The van der Waals surface area contributed by atoms with Gasteiger partial charge in [0.25, 0.3) is 6.71 Å². The maximum absolute atomic E-state index is 11.1. The van der Waals surface area contributed by atoms with Gasteiger partial charge in [-0.1, -0.05) is 170 Å². The zero-order chi connectivity index (χ0) is 39.3. The lowest BCUT2D eigenvalue weighted by atomic mass is 9.31. The Morgan fingerprint density at radius 2 is 1.05 bits per heavy atom. The fraction of sp³-hybridized carbons (Fsp3) is 0.0364. The smallest absolute Gasteiger partial charge is 0.251 e. The zero-order valence-electron chi connectivity index (χ0n) is 32.4. The number of para-hydroxylation sites is 2. The molecule has 0 fully saturated rings. The van der Waals surface area contributed by atoms with Crippen molar-refractivity contribution in [2.45, 2.75) is 12.3 Å². The van der Waals surface area contributed by atoms with Gasteiger partial charge in [-0.05, 0) is 98.7 Å². The molecule has 2 aliphatic heterocycles. The van der Waals surface area contributed by atoms with Gasteiger partial charge < -0.3 is 9.80 Å². The van der Waals surface area contributed by atoms with Crippen LogP contribution in [0.4, 0.5) is 28.4 Å². The minimum absolute atomic E-state index is 0.0106. The van der Waals surface area contributed by atoms with E-state index in [0.29, 0.717) is 5.56 Å². The Kier molecular flexibility index (Phi) is 8.45. The lowest BCUT2D eigenvalue weighted by Gasteiger charge is -2.48. The van der Waals surface area contributed by atoms with Crippen LogP contribution in [0.1, 0.15) is 29.0 Å². The standard InChI is InChI=1S/C55H38BN3/c57-37-42-31-32-51-52-53(42)59(46-29-17-6-18-30-46)55-48(41-25-13-4-14-26-41)34-44(39-21-9-2-10-22-39)36-50(55)56(52)49-35-43(38-19-7-1-8-20-38)33-47(40-23-11-3-12-24-40)54(49)58(51)45-27-15-5-16-28-45/h1-33,35-36,48H,34H2. The highest BCUT2D eigenvalue weighted by atomic mass is 15.2. The molecule has 0 radical (unpaired) electrons. The second-order valence-electron chi connectivity index (χ2n) is 15.5. The van der Waals surface area contributed by atoms with E-state index in [4.69, 9.17) is 0 Å². The third-order valence-corrected chi connectivity index (χ3v) is 12.2. The molecule has 0 amide bonds. The Morgan fingerprint density at radius 3 is 1.66 bits per heavy atom. The highest BCUT2D eigenvalue weighted by Crippen LogP contribution is 2.53. The summed E-state index contributed by atoms with van der Waals surface area (Å²) in [6, 6.07) is 76.6. The number of hydrogen-bond donors (Lipinski definition) is 0. The first-order chi connectivity index (χ1) is 29.3. The molecule has 0 bridgehead atoms. The zero-order valence-corrected chi connectivity index (χ0v) is 32.4. The first-order valence-electron chi connectivity index (χ1n) is 20.4. The van der Waals surface area contributed by atoms with Gasteiger partial charge >= 0.3 is 0 Å². The third kappa shape index (κ3) is 5.74. The van der Waals surface area contributed by atoms with Crippen molar-refractivity contribution in [1.82, 2.24) is 0 Å². The van der Waals surface area contributed by atoms with E-state index in [1.165, 1.54) is 33.3 Å². The van der Waals surface area contributed by atoms with Crippen LogP contribution in [0, 0.1) is 11.3 Å². The number of benzene rings is 8. The van der Waals surface area contributed by atoms with Gasteiger partial charge in [-0.25, -0.2) is 0 Å². The van der Waals surface area contributed by atoms with Gasteiger partial charge in [0.05, 0.1) is 11.3 Å². The van der Waals surface area contributed by atoms with Crippen LogP contribution < -0.4 is 20.7 Å². The molecule has 1 aliphatic carbocycles. The van der Waals surface area contributed by atoms with Gasteiger partial charge in [0.15, 0.2) is 0 Å². The predicted octanol–water partition coefficient (Wildman–Crippen LogP) is 12.5. The van der Waals surface area contributed by atoms with Crippen LogP contribution in [-0.4, -0.2) is 6.71 Å². The van der Waals surface area contributed by atoms with Crippen molar-refractivity contribution in [1.29, 1.82) is 5.26 Å². The topological polar surface area (TPSA) is 30.3 Å². The SMILES string of the molecule is N#Cc1ccc2c3c1N(c1ccccc1)C1=C(C=C(c4ccccc4)CC1c1ccccc1)B3c1cc(-c3ccccc3)cc(-c3ccccc3)c1N2c1ccccc1. The first-order valence-corrected chi connectivity index (χ1v) is 20.4. The molecule has 59 heavy (non-hydrogen) atoms. The van der Waals surface area contributed by atoms with E-state index in [9.17, 15) is 5.26 Å². The maximum atomic E-state index is 11.1. The average Bonchev–Trinajstić information content (AvgIpc) is 3.32. The van der Waals surface area contributed by atoms with Gasteiger partial charge in [-0.2, -0.15) is 5.26 Å². The summed E-state index contributed by atoms with van der Waals surface area (Å²) in [5.41, 5.74) is 19.2. The van der Waals surface area contributed by atoms with Gasteiger partial charge in [0, 0.05) is 39.9 Å². The van der Waals surface area contributed by atoms with E-state index in [2.05, 4.69) is 222 Å². The van der Waals surface area contributed by atoms with Crippen molar-refractivity contribution in [3.63, 3.8) is 0 Å². The molecule has 0 saturated heterocycles. The second-order valence-corrected chi connectivity index (χ2v) is 15.5. The van der Waals surface area contributed by atoms with Crippen molar-refractivity contribution in [3.05, 3.63) is 240 Å². The van der Waals surface area contributed by atoms with E-state index in [-0.39, 0.29) is 12.6 Å². The summed E-state index contributed by atoms with van der Waals surface area (Å²) in [5.74, 6) is 0.0106. The average molecular weight is 752 g/mol. The van der Waals surface area contributed by atoms with Gasteiger partial charge in [-0.3, -0.25) is 0 Å². The molecule has 2 heterocycles. The van der Waals surface area contributed by atoms with E-state index in [0.717, 1.165) is 62.6 Å². The van der Waals surface area contributed by atoms with Gasteiger partial charge in [-0.15, -0.1) is 0 Å². The summed E-state index contributed by atoms with van der Waals surface area (Å²) in [6.45, 7) is -0.186. The molecule has 4 heteroatoms. The van der Waals surface area contributed by atoms with E-state index >= 15 is 0 Å². The Balaban J connectivity index is 1.33. The quantitative estimate of drug-likeness (QED) is 0.159. The van der Waals surface area contributed by atoms with E-state index in [1.54, 1.807) is 0 Å². The molecule has 1 atom stereocenters. The van der Waals surface area contributed by atoms with Gasteiger partial charge in [0.2, 0.25) is 0 Å². The Labute approximate surface area is 346 Å². The number of nitrogens with zero attached hydrogens (tertiary/aromatic N) is 3.